The fraction of sp³-hybridized carbons (Fsp3) is 0.333. The van der Waals surface area contributed by atoms with E-state index in [2.05, 4.69) is 10.6 Å². The van der Waals surface area contributed by atoms with E-state index < -0.39 is 6.03 Å². The van der Waals surface area contributed by atoms with Gasteiger partial charge in [-0.15, -0.1) is 0 Å². The number of nitrogens with two attached hydrogens (primary N) is 1. The molecule has 1 rings (SSSR count). The lowest BCUT2D eigenvalue weighted by Gasteiger charge is -2.07. The number of amides is 3. The van der Waals surface area contributed by atoms with Crippen molar-refractivity contribution in [2.45, 2.75) is 13.0 Å². The monoisotopic (exact) mass is 251 g/mol. The maximum absolute atomic E-state index is 11.3. The normalized spacial score (nSPS) is 9.67. The minimum Gasteiger partial charge on any atom is -0.493 e. The van der Waals surface area contributed by atoms with Gasteiger partial charge in [-0.25, -0.2) is 4.79 Å². The van der Waals surface area contributed by atoms with Gasteiger partial charge in [0, 0.05) is 13.6 Å². The number of ether oxygens (including phenoxy) is 1. The molecule has 18 heavy (non-hydrogen) atoms. The Morgan fingerprint density at radius 2 is 2.17 bits per heavy atom. The molecule has 6 nitrogen and oxygen atoms in total. The minimum absolute atomic E-state index is 0.111. The van der Waals surface area contributed by atoms with E-state index in [1.165, 1.54) is 7.05 Å². The van der Waals surface area contributed by atoms with Crippen LogP contribution in [0.5, 0.6) is 5.75 Å². The van der Waals surface area contributed by atoms with Crippen molar-refractivity contribution in [1.29, 1.82) is 0 Å². The highest BCUT2D eigenvalue weighted by molar-refractivity contribution is 5.94. The second-order valence-electron chi connectivity index (χ2n) is 3.58. The minimum atomic E-state index is -0.523. The average Bonchev–Trinajstić information content (AvgIpc) is 2.38. The molecule has 4 N–H and O–H groups in total. The van der Waals surface area contributed by atoms with Crippen LogP contribution in [0.3, 0.4) is 0 Å². The Bertz CT molecular complexity index is 421. The molecule has 1 aromatic rings. The largest absolute Gasteiger partial charge is 0.493 e. The van der Waals surface area contributed by atoms with Gasteiger partial charge in [0.15, 0.2) is 0 Å². The molecular formula is C12H17N3O3. The van der Waals surface area contributed by atoms with Crippen molar-refractivity contribution < 1.29 is 14.3 Å². The van der Waals surface area contributed by atoms with Gasteiger partial charge < -0.3 is 15.8 Å². The molecule has 0 aliphatic carbocycles. The van der Waals surface area contributed by atoms with E-state index in [1.807, 2.05) is 18.2 Å². The van der Waals surface area contributed by atoms with Crippen LogP contribution in [0.4, 0.5) is 4.79 Å². The first-order valence-corrected chi connectivity index (χ1v) is 5.59. The molecule has 6 heteroatoms. The van der Waals surface area contributed by atoms with Crippen LogP contribution in [0.2, 0.25) is 0 Å². The summed E-state index contributed by atoms with van der Waals surface area (Å²) in [6, 6.07) is 6.81. The Balaban J connectivity index is 2.32. The summed E-state index contributed by atoms with van der Waals surface area (Å²) in [6.07, 6.45) is 0.111. The van der Waals surface area contributed by atoms with E-state index in [4.69, 9.17) is 10.5 Å². The Morgan fingerprint density at radius 3 is 2.83 bits per heavy atom. The van der Waals surface area contributed by atoms with Crippen LogP contribution in [0, 0.1) is 0 Å². The first-order chi connectivity index (χ1) is 8.65. The van der Waals surface area contributed by atoms with E-state index in [-0.39, 0.29) is 18.9 Å². The van der Waals surface area contributed by atoms with Crippen LogP contribution >= 0.6 is 0 Å². The standard InChI is InChI=1S/C12H17N3O3/c1-14-12(17)15-11(16)5-6-18-10-4-2-3-9(7-10)8-13/h2-4,7H,5-6,8,13H2,1H3,(H2,14,15,16,17). The Kier molecular flexibility index (Phi) is 5.66. The number of carbonyl (C=O) groups excluding carboxylic acids is 2. The molecule has 0 radical (unpaired) electrons. The van der Waals surface area contributed by atoms with Gasteiger partial charge in [-0.05, 0) is 17.7 Å². The molecule has 0 atom stereocenters. The molecule has 0 unspecified atom stereocenters. The summed E-state index contributed by atoms with van der Waals surface area (Å²) in [7, 11) is 1.44. The predicted molar refractivity (Wildman–Crippen MR) is 67.0 cm³/mol. The summed E-state index contributed by atoms with van der Waals surface area (Å²) >= 11 is 0. The van der Waals surface area contributed by atoms with Crippen LogP contribution in [0.15, 0.2) is 24.3 Å². The zero-order chi connectivity index (χ0) is 13.4. The number of hydrogen-bond donors (Lipinski definition) is 3. The lowest BCUT2D eigenvalue weighted by molar-refractivity contribution is -0.120. The summed E-state index contributed by atoms with van der Waals surface area (Å²) in [4.78, 5) is 22.1. The van der Waals surface area contributed by atoms with Crippen LogP contribution in [0.1, 0.15) is 12.0 Å². The maximum atomic E-state index is 11.3. The third-order valence-electron chi connectivity index (χ3n) is 2.21. The van der Waals surface area contributed by atoms with Gasteiger partial charge in [-0.1, -0.05) is 12.1 Å². The highest BCUT2D eigenvalue weighted by Crippen LogP contribution is 2.12. The van der Waals surface area contributed by atoms with Gasteiger partial charge in [-0.3, -0.25) is 10.1 Å². The molecule has 0 spiro atoms. The highest BCUT2D eigenvalue weighted by atomic mass is 16.5. The summed E-state index contributed by atoms with van der Waals surface area (Å²) < 4.78 is 5.39. The summed E-state index contributed by atoms with van der Waals surface area (Å²) in [6.45, 7) is 0.644. The van der Waals surface area contributed by atoms with Crippen molar-refractivity contribution in [2.75, 3.05) is 13.7 Å². The number of benzene rings is 1. The van der Waals surface area contributed by atoms with Crippen molar-refractivity contribution in [3.8, 4) is 5.75 Å². The number of urea groups is 1. The average molecular weight is 251 g/mol. The fourth-order valence-corrected chi connectivity index (χ4v) is 1.28. The van der Waals surface area contributed by atoms with Crippen molar-refractivity contribution in [3.63, 3.8) is 0 Å². The predicted octanol–water partition coefficient (Wildman–Crippen LogP) is 0.370. The Labute approximate surface area is 105 Å². The first-order valence-electron chi connectivity index (χ1n) is 5.59. The third kappa shape index (κ3) is 4.84. The Hall–Kier alpha value is -2.08. The van der Waals surface area contributed by atoms with E-state index >= 15 is 0 Å². The molecule has 0 bridgehead atoms. The zero-order valence-electron chi connectivity index (χ0n) is 10.2. The summed E-state index contributed by atoms with van der Waals surface area (Å²) in [5.74, 6) is 0.273. The van der Waals surface area contributed by atoms with E-state index in [0.29, 0.717) is 12.3 Å². The first kappa shape index (κ1) is 14.0. The second-order valence-corrected chi connectivity index (χ2v) is 3.58. The third-order valence-corrected chi connectivity index (χ3v) is 2.21. The van der Waals surface area contributed by atoms with Gasteiger partial charge in [0.25, 0.3) is 0 Å². The molecule has 1 aromatic carbocycles. The molecule has 0 heterocycles. The lowest BCUT2D eigenvalue weighted by atomic mass is 10.2. The molecule has 0 aromatic heterocycles. The van der Waals surface area contributed by atoms with Gasteiger partial charge in [0.2, 0.25) is 5.91 Å². The van der Waals surface area contributed by atoms with E-state index in [1.54, 1.807) is 6.07 Å². The lowest BCUT2D eigenvalue weighted by Crippen LogP contribution is -2.37. The maximum Gasteiger partial charge on any atom is 0.321 e. The fourth-order valence-electron chi connectivity index (χ4n) is 1.28. The summed E-state index contributed by atoms with van der Waals surface area (Å²) in [5.41, 5.74) is 6.46. The van der Waals surface area contributed by atoms with Gasteiger partial charge >= 0.3 is 6.03 Å². The van der Waals surface area contributed by atoms with Crippen LogP contribution in [-0.4, -0.2) is 25.6 Å². The van der Waals surface area contributed by atoms with Crippen molar-refractivity contribution >= 4 is 11.9 Å². The Morgan fingerprint density at radius 1 is 1.39 bits per heavy atom. The molecule has 0 saturated heterocycles. The molecule has 0 aliphatic heterocycles. The topological polar surface area (TPSA) is 93.5 Å². The van der Waals surface area contributed by atoms with Crippen molar-refractivity contribution in [3.05, 3.63) is 29.8 Å². The molecule has 0 saturated carbocycles. The van der Waals surface area contributed by atoms with Gasteiger partial charge in [-0.2, -0.15) is 0 Å². The van der Waals surface area contributed by atoms with Crippen molar-refractivity contribution in [2.24, 2.45) is 5.73 Å². The van der Waals surface area contributed by atoms with Crippen LogP contribution in [-0.2, 0) is 11.3 Å². The SMILES string of the molecule is CNC(=O)NC(=O)CCOc1cccc(CN)c1. The quantitative estimate of drug-likeness (QED) is 0.704. The second kappa shape index (κ2) is 7.29. The number of rotatable bonds is 5. The number of nitrogens with one attached hydrogen (secondary N) is 2. The highest BCUT2D eigenvalue weighted by Gasteiger charge is 2.05. The molecule has 98 valence electrons. The molecule has 0 aliphatic rings. The van der Waals surface area contributed by atoms with Crippen LogP contribution < -0.4 is 21.1 Å². The molecule has 0 fully saturated rings. The number of imide groups is 1. The van der Waals surface area contributed by atoms with Crippen LogP contribution in [0.25, 0.3) is 0 Å². The molecular weight excluding hydrogens is 234 g/mol. The van der Waals surface area contributed by atoms with E-state index in [9.17, 15) is 9.59 Å². The molecule has 3 amide bonds. The van der Waals surface area contributed by atoms with E-state index in [0.717, 1.165) is 5.56 Å². The van der Waals surface area contributed by atoms with Crippen molar-refractivity contribution in [1.82, 2.24) is 10.6 Å². The summed E-state index contributed by atoms with van der Waals surface area (Å²) in [5, 5.41) is 4.44. The zero-order valence-corrected chi connectivity index (χ0v) is 10.2. The van der Waals surface area contributed by atoms with Gasteiger partial charge in [0.1, 0.15) is 5.75 Å². The number of carbonyl (C=O) groups is 2. The van der Waals surface area contributed by atoms with Gasteiger partial charge in [0.05, 0.1) is 13.0 Å². The smallest absolute Gasteiger partial charge is 0.321 e. The number of hydrogen-bond acceptors (Lipinski definition) is 4.